The van der Waals surface area contributed by atoms with Crippen LogP contribution >= 0.6 is 23.1 Å². The molecule has 7 nitrogen and oxygen atoms in total. The number of fused-ring (bicyclic) bond motifs is 3. The van der Waals surface area contributed by atoms with Crippen molar-refractivity contribution in [1.29, 1.82) is 0 Å². The molecule has 0 bridgehead atoms. The van der Waals surface area contributed by atoms with Crippen molar-refractivity contribution in [3.05, 3.63) is 78.4 Å². The molecule has 5 aromatic rings. The van der Waals surface area contributed by atoms with E-state index in [1.54, 1.807) is 42.5 Å². The van der Waals surface area contributed by atoms with Gasteiger partial charge in [-0.15, -0.1) is 11.3 Å². The van der Waals surface area contributed by atoms with E-state index >= 15 is 0 Å². The number of hydrogen-bond donors (Lipinski definition) is 3. The predicted molar refractivity (Wildman–Crippen MR) is 144 cm³/mol. The third-order valence-corrected chi connectivity index (χ3v) is 9.47. The second-order valence-corrected chi connectivity index (χ2v) is 12.3. The summed E-state index contributed by atoms with van der Waals surface area (Å²) in [7, 11) is -3.94. The van der Waals surface area contributed by atoms with Crippen LogP contribution in [0, 0.1) is 0 Å². The number of nitrogens with one attached hydrogen (secondary N) is 2. The fraction of sp³-hybridized carbons (Fsp3) is 0.0769. The zero-order chi connectivity index (χ0) is 24.9. The number of carbonyl (C=O) groups is 1. The minimum Gasteiger partial charge on any atom is -0.506 e. The third kappa shape index (κ3) is 4.17. The monoisotopic (exact) mass is 533 g/mol. The maximum absolute atomic E-state index is 13.4. The lowest BCUT2D eigenvalue weighted by atomic mass is 10.0. The number of hydrogen-bond acceptors (Lipinski definition) is 7. The SMILES string of the molecule is O=C1CCc2cc(S(=O)(=O)Nc3cc(Sc4nc5ccccc5s4)c(O)c4ccccc34)ccc2N1. The first kappa shape index (κ1) is 22.8. The van der Waals surface area contributed by atoms with Gasteiger partial charge in [-0.2, -0.15) is 0 Å². The van der Waals surface area contributed by atoms with Gasteiger partial charge in [0.1, 0.15) is 5.75 Å². The van der Waals surface area contributed by atoms with E-state index < -0.39 is 10.0 Å². The average molecular weight is 534 g/mol. The van der Waals surface area contributed by atoms with Crippen LogP contribution in [0.5, 0.6) is 5.75 Å². The number of aryl methyl sites for hydroxylation is 1. The molecule has 0 saturated carbocycles. The zero-order valence-corrected chi connectivity index (χ0v) is 21.1. The van der Waals surface area contributed by atoms with E-state index in [0.717, 1.165) is 20.1 Å². The Morgan fingerprint density at radius 1 is 0.972 bits per heavy atom. The smallest absolute Gasteiger partial charge is 0.261 e. The van der Waals surface area contributed by atoms with E-state index in [9.17, 15) is 18.3 Å². The summed E-state index contributed by atoms with van der Waals surface area (Å²) in [5, 5.41) is 14.9. The molecule has 4 aromatic carbocycles. The second-order valence-electron chi connectivity index (χ2n) is 8.34. The normalized spacial score (nSPS) is 13.5. The van der Waals surface area contributed by atoms with Gasteiger partial charge < -0.3 is 10.4 Å². The number of nitrogens with zero attached hydrogens (tertiary/aromatic N) is 1. The van der Waals surface area contributed by atoms with Gasteiger partial charge in [-0.25, -0.2) is 13.4 Å². The highest BCUT2D eigenvalue weighted by molar-refractivity contribution is 8.01. The number of phenols is 1. The molecule has 0 spiro atoms. The van der Waals surface area contributed by atoms with Crippen LogP contribution in [0.25, 0.3) is 21.0 Å². The third-order valence-electron chi connectivity index (χ3n) is 5.98. The summed E-state index contributed by atoms with van der Waals surface area (Å²) in [4.78, 5) is 16.9. The minimum absolute atomic E-state index is 0.0716. The standard InChI is InChI=1S/C26H19N3O4S3/c30-24-12-9-15-13-16(10-11-19(15)27-24)36(32,33)29-21-14-23(25(31)18-6-2-1-5-17(18)21)35-26-28-20-7-3-4-8-22(20)34-26/h1-8,10-11,13-14,29,31H,9,12H2,(H,27,30). The van der Waals surface area contributed by atoms with Gasteiger partial charge in [-0.3, -0.25) is 9.52 Å². The number of aromatic hydroxyl groups is 1. The molecule has 36 heavy (non-hydrogen) atoms. The first-order chi connectivity index (χ1) is 17.4. The molecule has 1 amide bonds. The number of amides is 1. The van der Waals surface area contributed by atoms with E-state index in [-0.39, 0.29) is 16.6 Å². The van der Waals surface area contributed by atoms with Gasteiger partial charge in [0.25, 0.3) is 10.0 Å². The summed E-state index contributed by atoms with van der Waals surface area (Å²) < 4.78 is 31.3. The molecule has 1 aliphatic heterocycles. The van der Waals surface area contributed by atoms with Crippen molar-refractivity contribution < 1.29 is 18.3 Å². The van der Waals surface area contributed by atoms with Gasteiger partial charge >= 0.3 is 0 Å². The zero-order valence-electron chi connectivity index (χ0n) is 18.7. The number of sulfonamides is 1. The summed E-state index contributed by atoms with van der Waals surface area (Å²) in [6.45, 7) is 0. The van der Waals surface area contributed by atoms with E-state index in [4.69, 9.17) is 0 Å². The number of thiazole rings is 1. The van der Waals surface area contributed by atoms with Gasteiger partial charge in [0.2, 0.25) is 5.91 Å². The van der Waals surface area contributed by atoms with Crippen molar-refractivity contribution >= 4 is 71.4 Å². The van der Waals surface area contributed by atoms with Crippen LogP contribution < -0.4 is 10.0 Å². The van der Waals surface area contributed by atoms with Crippen LogP contribution in [0.1, 0.15) is 12.0 Å². The highest BCUT2D eigenvalue weighted by Gasteiger charge is 2.22. The van der Waals surface area contributed by atoms with Crippen molar-refractivity contribution in [2.45, 2.75) is 27.0 Å². The van der Waals surface area contributed by atoms with Gasteiger partial charge in [-0.05, 0) is 48.4 Å². The Morgan fingerprint density at radius 2 is 1.75 bits per heavy atom. The van der Waals surface area contributed by atoms with Crippen molar-refractivity contribution in [2.75, 3.05) is 10.0 Å². The van der Waals surface area contributed by atoms with Crippen molar-refractivity contribution in [3.8, 4) is 5.75 Å². The fourth-order valence-electron chi connectivity index (χ4n) is 4.22. The molecule has 1 aromatic heterocycles. The number of carbonyl (C=O) groups excluding carboxylic acids is 1. The lowest BCUT2D eigenvalue weighted by Crippen LogP contribution is -2.20. The summed E-state index contributed by atoms with van der Waals surface area (Å²) >= 11 is 2.80. The molecule has 0 unspecified atom stereocenters. The van der Waals surface area contributed by atoms with Crippen molar-refractivity contribution in [1.82, 2.24) is 4.98 Å². The highest BCUT2D eigenvalue weighted by Crippen LogP contribution is 2.44. The van der Waals surface area contributed by atoms with Crippen LogP contribution in [-0.4, -0.2) is 24.4 Å². The van der Waals surface area contributed by atoms with Crippen LogP contribution in [0.15, 0.2) is 86.9 Å². The van der Waals surface area contributed by atoms with Crippen LogP contribution in [0.3, 0.4) is 0 Å². The summed E-state index contributed by atoms with van der Waals surface area (Å²) in [6.07, 6.45) is 0.800. The van der Waals surface area contributed by atoms with E-state index in [0.29, 0.717) is 39.9 Å². The molecule has 2 heterocycles. The summed E-state index contributed by atoms with van der Waals surface area (Å²) in [5.74, 6) is -0.00715. The van der Waals surface area contributed by atoms with Gasteiger partial charge in [-0.1, -0.05) is 48.2 Å². The first-order valence-corrected chi connectivity index (χ1v) is 14.2. The number of para-hydroxylation sites is 1. The van der Waals surface area contributed by atoms with E-state index in [1.165, 1.54) is 29.2 Å². The van der Waals surface area contributed by atoms with E-state index in [1.807, 2.05) is 24.3 Å². The molecule has 0 atom stereocenters. The molecule has 0 aliphatic carbocycles. The van der Waals surface area contributed by atoms with Crippen molar-refractivity contribution in [3.63, 3.8) is 0 Å². The number of benzene rings is 4. The van der Waals surface area contributed by atoms with Gasteiger partial charge in [0, 0.05) is 22.9 Å². The van der Waals surface area contributed by atoms with Gasteiger partial charge in [0.15, 0.2) is 4.34 Å². The van der Waals surface area contributed by atoms with Crippen LogP contribution in [0.2, 0.25) is 0 Å². The molecular weight excluding hydrogens is 515 g/mol. The molecular formula is C26H19N3O4S3. The maximum atomic E-state index is 13.4. The Balaban J connectivity index is 1.40. The molecule has 3 N–H and O–H groups in total. The Morgan fingerprint density at radius 3 is 2.58 bits per heavy atom. The number of aromatic nitrogens is 1. The Labute approximate surface area is 215 Å². The summed E-state index contributed by atoms with van der Waals surface area (Å²) in [6, 6.07) is 21.2. The lowest BCUT2D eigenvalue weighted by Gasteiger charge is -2.18. The molecule has 0 fully saturated rings. The van der Waals surface area contributed by atoms with Crippen molar-refractivity contribution in [2.24, 2.45) is 0 Å². The van der Waals surface area contributed by atoms with Crippen LogP contribution in [0.4, 0.5) is 11.4 Å². The summed E-state index contributed by atoms with van der Waals surface area (Å²) in [5.41, 5.74) is 2.64. The average Bonchev–Trinajstić information content (AvgIpc) is 3.29. The van der Waals surface area contributed by atoms with Gasteiger partial charge in [0.05, 0.1) is 25.7 Å². The fourth-order valence-corrected chi connectivity index (χ4v) is 7.45. The van der Waals surface area contributed by atoms with E-state index in [2.05, 4.69) is 15.0 Å². The molecule has 180 valence electrons. The number of rotatable bonds is 5. The Hall–Kier alpha value is -3.60. The Bertz CT molecular complexity index is 1750. The first-order valence-electron chi connectivity index (χ1n) is 11.1. The quantitative estimate of drug-likeness (QED) is 0.240. The second kappa shape index (κ2) is 8.81. The molecule has 0 radical (unpaired) electrons. The molecule has 0 saturated heterocycles. The largest absolute Gasteiger partial charge is 0.506 e. The lowest BCUT2D eigenvalue weighted by molar-refractivity contribution is -0.116. The molecule has 1 aliphatic rings. The predicted octanol–water partition coefficient (Wildman–Crippen LogP) is 5.99. The number of phenolic OH excluding ortho intramolecular Hbond substituents is 1. The topological polar surface area (TPSA) is 108 Å². The molecule has 10 heteroatoms. The maximum Gasteiger partial charge on any atom is 0.261 e. The minimum atomic E-state index is -3.94. The Kier molecular flexibility index (Phi) is 5.59. The van der Waals surface area contributed by atoms with Crippen LogP contribution in [-0.2, 0) is 21.2 Å². The highest BCUT2D eigenvalue weighted by atomic mass is 32.2. The number of anilines is 2. The molecule has 6 rings (SSSR count).